The molecule has 14 rings (SSSR count). The number of rotatable bonds is 12. The van der Waals surface area contributed by atoms with Crippen molar-refractivity contribution in [2.75, 3.05) is 19.6 Å². The van der Waals surface area contributed by atoms with Gasteiger partial charge in [-0.05, 0) is 122 Å². The van der Waals surface area contributed by atoms with E-state index in [-0.39, 0.29) is 42.1 Å². The Kier molecular flexibility index (Phi) is 23.5. The summed E-state index contributed by atoms with van der Waals surface area (Å²) in [5.74, 6) is 1.69. The number of nitrogens with zero attached hydrogens (tertiary/aromatic N) is 12. The monoisotopic (exact) mass is 1560 g/mol. The first-order valence-corrected chi connectivity index (χ1v) is 29.6. The summed E-state index contributed by atoms with van der Waals surface area (Å²) in [6.45, 7) is 17.1. The van der Waals surface area contributed by atoms with Crippen LogP contribution in [-0.2, 0) is 42.1 Å². The van der Waals surface area contributed by atoms with Crippen LogP contribution in [0.3, 0.4) is 0 Å². The summed E-state index contributed by atoms with van der Waals surface area (Å²) in [7, 11) is 0. The summed E-state index contributed by atoms with van der Waals surface area (Å²) >= 11 is 0. The summed E-state index contributed by atoms with van der Waals surface area (Å²) in [6.07, 6.45) is 10.0. The number of aryl methyl sites for hydroxylation is 6. The van der Waals surface area contributed by atoms with E-state index in [0.717, 1.165) is 68.5 Å². The average molecular weight is 1560 g/mol. The number of aromatic nitrogens is 4. The molecule has 464 valence electrons. The Balaban J connectivity index is 0.000000151. The fourth-order valence-electron chi connectivity index (χ4n) is 10.9. The third kappa shape index (κ3) is 16.8. The Morgan fingerprint density at radius 1 is 0.391 bits per heavy atom. The largest absolute Gasteiger partial charge is 0.478 e. The molecule has 14 heteroatoms. The van der Waals surface area contributed by atoms with Crippen molar-refractivity contribution in [3.63, 3.8) is 0 Å². The molecule has 0 saturated heterocycles. The van der Waals surface area contributed by atoms with Crippen molar-refractivity contribution >= 4 is 81.2 Å². The van der Waals surface area contributed by atoms with E-state index >= 15 is 0 Å². The average Bonchev–Trinajstić information content (AvgIpc) is 1.62. The zero-order valence-electron chi connectivity index (χ0n) is 51.7. The number of para-hydroxylation sites is 6. The predicted octanol–water partition coefficient (Wildman–Crippen LogP) is 20.7. The quantitative estimate of drug-likeness (QED) is 0.0674. The van der Waals surface area contributed by atoms with Crippen LogP contribution in [0.5, 0.6) is 0 Å². The van der Waals surface area contributed by atoms with Crippen molar-refractivity contribution in [3.8, 4) is 22.3 Å². The zero-order chi connectivity index (χ0) is 62.0. The Bertz CT molecular complexity index is 4030. The summed E-state index contributed by atoms with van der Waals surface area (Å²) in [5.41, 5.74) is 22.2. The molecule has 0 saturated carbocycles. The number of fused-ring (bicyclic) bond motifs is 2. The molecule has 0 spiro atoms. The molecule has 0 bridgehead atoms. The van der Waals surface area contributed by atoms with Gasteiger partial charge in [0.25, 0.3) is 0 Å². The third-order valence-electron chi connectivity index (χ3n) is 14.7. The van der Waals surface area contributed by atoms with Crippen molar-refractivity contribution in [3.05, 3.63) is 337 Å². The van der Waals surface area contributed by atoms with E-state index in [1.807, 2.05) is 182 Å². The van der Waals surface area contributed by atoms with Gasteiger partial charge in [0.05, 0.1) is 23.8 Å². The van der Waals surface area contributed by atoms with Crippen molar-refractivity contribution < 1.29 is 42.1 Å². The topological polar surface area (TPSA) is 117 Å². The van der Waals surface area contributed by atoms with Gasteiger partial charge in [0, 0.05) is 53.5 Å². The fraction of sp³-hybridized carbons (Fsp3) is 0.0769. The van der Waals surface area contributed by atoms with E-state index in [1.165, 1.54) is 55.6 Å². The number of hydrogen-bond acceptors (Lipinski definition) is 10. The van der Waals surface area contributed by atoms with Crippen LogP contribution in [0.4, 0.5) is 68.5 Å². The van der Waals surface area contributed by atoms with Gasteiger partial charge in [0.15, 0.2) is 0 Å². The standard InChI is InChI=1S/2C26H22N4.2C13H11N2.2Pt/c2*1-18-12-19(2)25(20(3)13-18)21-8-7-11-23(14-21)30-17-29(22-9-5-4-6-10-22)24-15-27-16-28-26(24)30;2*1-3-7-12(8-4-1)14-11-15-13-9-5-2-6-10-13;;/h2*4-10,12-17H,1-3H3;2*1-11H;;/q2*-2;2*-1;;. The van der Waals surface area contributed by atoms with E-state index < -0.39 is 0 Å². The molecule has 4 heterocycles. The summed E-state index contributed by atoms with van der Waals surface area (Å²) < 4.78 is 0. The molecule has 10 aromatic carbocycles. The Labute approximate surface area is 569 Å². The third-order valence-corrected chi connectivity index (χ3v) is 14.7. The van der Waals surface area contributed by atoms with Gasteiger partial charge in [0.2, 0.25) is 0 Å². The molecule has 2 aromatic heterocycles. The van der Waals surface area contributed by atoms with Crippen molar-refractivity contribution in [1.29, 1.82) is 0 Å². The first-order chi connectivity index (χ1) is 44.1. The smallest absolute Gasteiger partial charge is 0.128 e. The minimum absolute atomic E-state index is 0. The van der Waals surface area contributed by atoms with E-state index in [1.54, 1.807) is 25.3 Å². The summed E-state index contributed by atoms with van der Waals surface area (Å²) in [6, 6.07) is 87.8. The second-order valence-corrected chi connectivity index (χ2v) is 21.4. The van der Waals surface area contributed by atoms with E-state index in [4.69, 9.17) is 0 Å². The molecule has 0 atom stereocenters. The maximum absolute atomic E-state index is 4.56. The molecule has 0 aliphatic carbocycles. The van der Waals surface area contributed by atoms with Crippen LogP contribution >= 0.6 is 0 Å². The number of anilines is 8. The van der Waals surface area contributed by atoms with Crippen LogP contribution in [-0.4, -0.2) is 32.6 Å². The number of hydrogen-bond donors (Lipinski definition) is 0. The SMILES string of the molecule is C(=Nc1ccccc1)[N-]c1ccccc1.C(=Nc1ccccc1)[N-]c1ccccc1.Cc1cc(C)c(-c2cc[c-]c(N3[CH-]N(c4ccccc4)c4cncnc43)c2)c(C)c1.Cc1cc(C)c(-c2cc[c-]c(N3[CH-]N(c4ccccc4)c4cncnc43)c2)c(C)c1.[Pt].[Pt]. The Morgan fingerprint density at radius 2 is 0.717 bits per heavy atom. The normalized spacial score (nSPS) is 11.8. The number of benzene rings is 10. The molecule has 0 fully saturated rings. The van der Waals surface area contributed by atoms with Gasteiger partial charge >= 0.3 is 0 Å². The summed E-state index contributed by atoms with van der Waals surface area (Å²) in [5, 5.41) is 8.42. The van der Waals surface area contributed by atoms with Crippen LogP contribution in [0.2, 0.25) is 0 Å². The van der Waals surface area contributed by atoms with Crippen LogP contribution in [0.15, 0.2) is 278 Å². The van der Waals surface area contributed by atoms with Crippen LogP contribution in [0, 0.1) is 67.0 Å². The molecule has 92 heavy (non-hydrogen) atoms. The molecule has 0 unspecified atom stereocenters. The number of aliphatic imine (C=N–C) groups is 2. The van der Waals surface area contributed by atoms with E-state index in [2.05, 4.69) is 200 Å². The van der Waals surface area contributed by atoms with Crippen molar-refractivity contribution in [2.45, 2.75) is 41.5 Å². The van der Waals surface area contributed by atoms with E-state index in [0.29, 0.717) is 0 Å². The van der Waals surface area contributed by atoms with Gasteiger partial charge < -0.3 is 40.2 Å². The van der Waals surface area contributed by atoms with Gasteiger partial charge in [-0.2, -0.15) is 36.4 Å². The molecule has 0 amide bonds. The van der Waals surface area contributed by atoms with Crippen LogP contribution in [0.25, 0.3) is 32.9 Å². The second kappa shape index (κ2) is 32.6. The molecule has 12 aromatic rings. The summed E-state index contributed by atoms with van der Waals surface area (Å²) in [4.78, 5) is 34.4. The molecule has 2 aliphatic rings. The molecular formula is C78H66N12Pt2-6. The van der Waals surface area contributed by atoms with Gasteiger partial charge in [-0.3, -0.25) is 0 Å². The predicted molar refractivity (Wildman–Crippen MR) is 372 cm³/mol. The molecule has 0 N–H and O–H groups in total. The first-order valence-electron chi connectivity index (χ1n) is 29.6. The van der Waals surface area contributed by atoms with Crippen molar-refractivity contribution in [1.82, 2.24) is 19.9 Å². The van der Waals surface area contributed by atoms with Crippen molar-refractivity contribution in [2.24, 2.45) is 9.98 Å². The molecule has 0 radical (unpaired) electrons. The zero-order valence-corrected chi connectivity index (χ0v) is 56.3. The van der Waals surface area contributed by atoms with Gasteiger partial charge in [-0.15, -0.1) is 48.0 Å². The van der Waals surface area contributed by atoms with E-state index in [9.17, 15) is 0 Å². The molecule has 12 nitrogen and oxygen atoms in total. The first kappa shape index (κ1) is 66.3. The van der Waals surface area contributed by atoms with Crippen LogP contribution in [0.1, 0.15) is 33.4 Å². The van der Waals surface area contributed by atoms with Gasteiger partial charge in [-0.1, -0.05) is 206 Å². The van der Waals surface area contributed by atoms with Gasteiger partial charge in [0.1, 0.15) is 24.3 Å². The van der Waals surface area contributed by atoms with Crippen LogP contribution < -0.4 is 19.6 Å². The fourth-order valence-corrected chi connectivity index (χ4v) is 10.9. The molecule has 2 aliphatic heterocycles. The maximum Gasteiger partial charge on any atom is 0.128 e. The maximum atomic E-state index is 4.56. The Hall–Kier alpha value is -10.1. The second-order valence-electron chi connectivity index (χ2n) is 21.4. The molecular weight excluding hydrogens is 1500 g/mol. The van der Waals surface area contributed by atoms with Gasteiger partial charge in [-0.25, -0.2) is 19.9 Å². The Morgan fingerprint density at radius 3 is 1.07 bits per heavy atom. The minimum Gasteiger partial charge on any atom is -0.478 e. The minimum atomic E-state index is 0.